The normalized spacial score (nSPS) is 8.88. The van der Waals surface area contributed by atoms with E-state index in [-0.39, 0.29) is 5.78 Å². The monoisotopic (exact) mass is 235 g/mol. The number of carboxylic acid groups (broad SMARTS) is 2. The van der Waals surface area contributed by atoms with E-state index in [4.69, 9.17) is 24.6 Å². The van der Waals surface area contributed by atoms with Gasteiger partial charge < -0.3 is 15.1 Å². The third kappa shape index (κ3) is 18.3. The van der Waals surface area contributed by atoms with Gasteiger partial charge in [0.15, 0.2) is 0 Å². The molecule has 0 fully saturated rings. The zero-order valence-electron chi connectivity index (χ0n) is 9.36. The van der Waals surface area contributed by atoms with E-state index in [1.165, 1.54) is 0 Å². The SMILES string of the molecule is CCCNOCCC(C)=O.O=C(O)C(=O)O. The molecular formula is C9H17NO6. The van der Waals surface area contributed by atoms with E-state index >= 15 is 0 Å². The third-order valence-electron chi connectivity index (χ3n) is 1.19. The quantitative estimate of drug-likeness (QED) is 0.338. The summed E-state index contributed by atoms with van der Waals surface area (Å²) >= 11 is 0. The van der Waals surface area contributed by atoms with Crippen LogP contribution in [-0.4, -0.2) is 41.1 Å². The Labute approximate surface area is 93.4 Å². The summed E-state index contributed by atoms with van der Waals surface area (Å²) in [5.74, 6) is -3.48. The minimum atomic E-state index is -1.82. The van der Waals surface area contributed by atoms with Crippen molar-refractivity contribution in [2.45, 2.75) is 26.7 Å². The van der Waals surface area contributed by atoms with Gasteiger partial charge >= 0.3 is 11.9 Å². The van der Waals surface area contributed by atoms with E-state index in [2.05, 4.69) is 12.4 Å². The molecule has 0 heterocycles. The van der Waals surface area contributed by atoms with Crippen LogP contribution in [0.1, 0.15) is 26.7 Å². The molecule has 3 N–H and O–H groups in total. The smallest absolute Gasteiger partial charge is 0.414 e. The Hall–Kier alpha value is -1.47. The van der Waals surface area contributed by atoms with E-state index in [1.807, 2.05) is 0 Å². The zero-order valence-corrected chi connectivity index (χ0v) is 9.36. The van der Waals surface area contributed by atoms with Gasteiger partial charge in [-0.2, -0.15) is 0 Å². The van der Waals surface area contributed by atoms with E-state index in [0.29, 0.717) is 13.0 Å². The summed E-state index contributed by atoms with van der Waals surface area (Å²) < 4.78 is 0. The van der Waals surface area contributed by atoms with Gasteiger partial charge in [-0.25, -0.2) is 15.1 Å². The van der Waals surface area contributed by atoms with Crippen LogP contribution in [0, 0.1) is 0 Å². The molecule has 0 bridgehead atoms. The molecule has 0 aliphatic heterocycles. The lowest BCUT2D eigenvalue weighted by atomic mass is 10.3. The van der Waals surface area contributed by atoms with Gasteiger partial charge in [-0.1, -0.05) is 6.92 Å². The summed E-state index contributed by atoms with van der Waals surface area (Å²) in [6, 6.07) is 0. The predicted octanol–water partition coefficient (Wildman–Crippen LogP) is 0.0523. The van der Waals surface area contributed by atoms with Crippen molar-refractivity contribution in [2.24, 2.45) is 0 Å². The number of carbonyl (C=O) groups is 3. The molecule has 0 atom stereocenters. The number of aliphatic carboxylic acids is 2. The van der Waals surface area contributed by atoms with E-state index in [9.17, 15) is 4.79 Å². The third-order valence-corrected chi connectivity index (χ3v) is 1.19. The maximum atomic E-state index is 10.4. The van der Waals surface area contributed by atoms with Crippen molar-refractivity contribution in [1.82, 2.24) is 5.48 Å². The molecule has 7 heteroatoms. The lowest BCUT2D eigenvalue weighted by molar-refractivity contribution is -0.159. The highest BCUT2D eigenvalue weighted by Crippen LogP contribution is 1.81. The van der Waals surface area contributed by atoms with E-state index in [1.54, 1.807) is 6.92 Å². The van der Waals surface area contributed by atoms with Crippen LogP contribution in [0.2, 0.25) is 0 Å². The minimum Gasteiger partial charge on any atom is -0.473 e. The molecule has 0 spiro atoms. The first-order valence-corrected chi connectivity index (χ1v) is 4.72. The highest BCUT2D eigenvalue weighted by molar-refractivity contribution is 6.27. The number of nitrogens with one attached hydrogen (secondary N) is 1. The Balaban J connectivity index is 0. The van der Waals surface area contributed by atoms with Gasteiger partial charge in [0.2, 0.25) is 0 Å². The molecule has 16 heavy (non-hydrogen) atoms. The molecule has 0 aromatic rings. The Kier molecular flexibility index (Phi) is 12.3. The van der Waals surface area contributed by atoms with Crippen LogP contribution in [0.3, 0.4) is 0 Å². The topological polar surface area (TPSA) is 113 Å². The number of carboxylic acids is 2. The van der Waals surface area contributed by atoms with Crippen LogP contribution in [0.5, 0.6) is 0 Å². The Morgan fingerprint density at radius 3 is 2.00 bits per heavy atom. The average Bonchev–Trinajstić information content (AvgIpc) is 2.18. The van der Waals surface area contributed by atoms with Gasteiger partial charge in [-0.3, -0.25) is 4.79 Å². The van der Waals surface area contributed by atoms with Crippen LogP contribution in [0.4, 0.5) is 0 Å². The summed E-state index contributed by atoms with van der Waals surface area (Å²) in [4.78, 5) is 33.5. The van der Waals surface area contributed by atoms with Crippen molar-refractivity contribution in [1.29, 1.82) is 0 Å². The van der Waals surface area contributed by atoms with Crippen molar-refractivity contribution in [2.75, 3.05) is 13.2 Å². The van der Waals surface area contributed by atoms with Crippen LogP contribution in [-0.2, 0) is 19.2 Å². The van der Waals surface area contributed by atoms with Crippen LogP contribution in [0.25, 0.3) is 0 Å². The number of hydroxylamine groups is 1. The molecular weight excluding hydrogens is 218 g/mol. The fourth-order valence-electron chi connectivity index (χ4n) is 0.441. The maximum absolute atomic E-state index is 10.4. The molecule has 0 aromatic carbocycles. The van der Waals surface area contributed by atoms with Crippen molar-refractivity contribution in [3.05, 3.63) is 0 Å². The van der Waals surface area contributed by atoms with E-state index in [0.717, 1.165) is 13.0 Å². The maximum Gasteiger partial charge on any atom is 0.414 e. The highest BCUT2D eigenvalue weighted by atomic mass is 16.6. The second-order valence-corrected chi connectivity index (χ2v) is 2.81. The molecule has 0 aliphatic rings. The molecule has 0 rings (SSSR count). The molecule has 94 valence electrons. The Bertz CT molecular complexity index is 216. The van der Waals surface area contributed by atoms with Gasteiger partial charge in [0.25, 0.3) is 0 Å². The summed E-state index contributed by atoms with van der Waals surface area (Å²) in [7, 11) is 0. The summed E-state index contributed by atoms with van der Waals surface area (Å²) in [6.45, 7) is 4.94. The molecule has 0 saturated heterocycles. The second-order valence-electron chi connectivity index (χ2n) is 2.81. The fourth-order valence-corrected chi connectivity index (χ4v) is 0.441. The van der Waals surface area contributed by atoms with Crippen LogP contribution < -0.4 is 5.48 Å². The number of Topliss-reactive ketones (excluding diaryl/α,β-unsaturated/α-hetero) is 1. The molecule has 0 aliphatic carbocycles. The summed E-state index contributed by atoms with van der Waals surface area (Å²) in [5, 5.41) is 14.8. The van der Waals surface area contributed by atoms with Crippen molar-refractivity contribution in [3.8, 4) is 0 Å². The number of rotatable bonds is 6. The lowest BCUT2D eigenvalue weighted by Gasteiger charge is -2.01. The largest absolute Gasteiger partial charge is 0.473 e. The van der Waals surface area contributed by atoms with Gasteiger partial charge in [0.05, 0.1) is 6.61 Å². The lowest BCUT2D eigenvalue weighted by Crippen LogP contribution is -2.17. The molecule has 0 amide bonds. The van der Waals surface area contributed by atoms with Crippen molar-refractivity contribution >= 4 is 17.7 Å². The number of ketones is 1. The number of carbonyl (C=O) groups excluding carboxylic acids is 1. The van der Waals surface area contributed by atoms with Crippen molar-refractivity contribution in [3.63, 3.8) is 0 Å². The van der Waals surface area contributed by atoms with Gasteiger partial charge in [0.1, 0.15) is 5.78 Å². The first kappa shape index (κ1) is 16.9. The average molecular weight is 235 g/mol. The predicted molar refractivity (Wildman–Crippen MR) is 54.8 cm³/mol. The zero-order chi connectivity index (χ0) is 13.0. The van der Waals surface area contributed by atoms with Crippen molar-refractivity contribution < 1.29 is 29.4 Å². The van der Waals surface area contributed by atoms with Gasteiger partial charge in [-0.15, -0.1) is 0 Å². The van der Waals surface area contributed by atoms with E-state index < -0.39 is 11.9 Å². The van der Waals surface area contributed by atoms with Gasteiger partial charge in [0, 0.05) is 13.0 Å². The Morgan fingerprint density at radius 2 is 1.69 bits per heavy atom. The first-order chi connectivity index (χ1) is 7.41. The first-order valence-electron chi connectivity index (χ1n) is 4.72. The molecule has 7 nitrogen and oxygen atoms in total. The summed E-state index contributed by atoms with van der Waals surface area (Å²) in [6.07, 6.45) is 1.54. The fraction of sp³-hybridized carbons (Fsp3) is 0.667. The van der Waals surface area contributed by atoms with Crippen LogP contribution in [0.15, 0.2) is 0 Å². The number of hydrogen-bond acceptors (Lipinski definition) is 5. The number of hydrogen-bond donors (Lipinski definition) is 3. The molecule has 0 aromatic heterocycles. The van der Waals surface area contributed by atoms with Crippen LogP contribution >= 0.6 is 0 Å². The standard InChI is InChI=1S/C7H15NO2.C2H2O4/c1-3-5-8-10-6-4-7(2)9;3-1(4)2(5)6/h8H,3-6H2,1-2H3;(H,3,4)(H,5,6). The van der Waals surface area contributed by atoms with Gasteiger partial charge in [-0.05, 0) is 13.3 Å². The minimum absolute atomic E-state index is 0.165. The Morgan fingerprint density at radius 1 is 1.19 bits per heavy atom. The molecule has 0 saturated carbocycles. The summed E-state index contributed by atoms with van der Waals surface area (Å²) in [5.41, 5.74) is 2.74. The second kappa shape index (κ2) is 11.6. The molecule has 0 unspecified atom stereocenters. The highest BCUT2D eigenvalue weighted by Gasteiger charge is 2.04. The molecule has 0 radical (unpaired) electrons.